The van der Waals surface area contributed by atoms with Gasteiger partial charge in [-0.2, -0.15) is 4.37 Å². The fourth-order valence-electron chi connectivity index (χ4n) is 3.75. The molecule has 3 aromatic carbocycles. The van der Waals surface area contributed by atoms with Crippen LogP contribution in [0.2, 0.25) is 0 Å². The van der Waals surface area contributed by atoms with E-state index in [-0.39, 0.29) is 10.0 Å². The van der Waals surface area contributed by atoms with Gasteiger partial charge in [0.05, 0.1) is 10.9 Å². The van der Waals surface area contributed by atoms with E-state index in [0.29, 0.717) is 6.04 Å². The lowest BCUT2D eigenvalue weighted by Crippen LogP contribution is -2.41. The van der Waals surface area contributed by atoms with Gasteiger partial charge in [-0.15, -0.1) is 0 Å². The van der Waals surface area contributed by atoms with E-state index in [1.807, 2.05) is 24.3 Å². The van der Waals surface area contributed by atoms with E-state index in [1.54, 1.807) is 12.1 Å². The Hall–Kier alpha value is -2.97. The van der Waals surface area contributed by atoms with Crippen LogP contribution in [0.4, 0.5) is 10.8 Å². The van der Waals surface area contributed by atoms with Crippen molar-refractivity contribution in [3.8, 4) is 0 Å². The molecule has 1 atom stereocenters. The van der Waals surface area contributed by atoms with Crippen LogP contribution >= 0.6 is 11.5 Å². The van der Waals surface area contributed by atoms with Gasteiger partial charge in [0.1, 0.15) is 6.33 Å². The van der Waals surface area contributed by atoms with E-state index in [9.17, 15) is 8.42 Å². The molecule has 1 fully saturated rings. The van der Waals surface area contributed by atoms with Crippen LogP contribution in [0.25, 0.3) is 10.8 Å². The normalized spacial score (nSPS) is 16.6. The average molecular weight is 423 g/mol. The largest absolute Gasteiger partial charge is 0.364 e. The molecule has 0 aliphatic carbocycles. The zero-order chi connectivity index (χ0) is 19.8. The summed E-state index contributed by atoms with van der Waals surface area (Å²) >= 11 is 1.01. The maximum atomic E-state index is 12.7. The molecule has 1 aliphatic heterocycles. The fraction of sp³-hybridized carbons (Fsp3) is 0.143. The maximum absolute atomic E-state index is 12.7. The molecule has 0 saturated carbocycles. The number of hydrogen-bond donors (Lipinski definition) is 1. The predicted molar refractivity (Wildman–Crippen MR) is 116 cm³/mol. The zero-order valence-electron chi connectivity index (χ0n) is 15.4. The molecule has 1 aromatic heterocycles. The second-order valence-electron chi connectivity index (χ2n) is 6.92. The number of nitrogens with one attached hydrogen (secondary N) is 1. The Balaban J connectivity index is 1.50. The van der Waals surface area contributed by atoms with Crippen molar-refractivity contribution in [3.63, 3.8) is 0 Å². The highest BCUT2D eigenvalue weighted by Gasteiger charge is 2.30. The van der Waals surface area contributed by atoms with Crippen LogP contribution < -0.4 is 9.62 Å². The maximum Gasteiger partial charge on any atom is 0.263 e. The number of nitrogens with zero attached hydrogens (tertiary/aromatic N) is 3. The summed E-state index contributed by atoms with van der Waals surface area (Å²) in [4.78, 5) is 6.48. The number of benzene rings is 3. The molecular weight excluding hydrogens is 404 g/mol. The number of anilines is 2. The highest BCUT2D eigenvalue weighted by molar-refractivity contribution is 7.93. The summed E-state index contributed by atoms with van der Waals surface area (Å²) < 4.78 is 31.7. The highest BCUT2D eigenvalue weighted by atomic mass is 32.2. The van der Waals surface area contributed by atoms with Gasteiger partial charge in [-0.05, 0) is 35.6 Å². The van der Waals surface area contributed by atoms with Crippen LogP contribution in [0.5, 0.6) is 0 Å². The Labute approximate surface area is 173 Å². The number of sulfonamides is 1. The van der Waals surface area contributed by atoms with Gasteiger partial charge in [0.15, 0.2) is 0 Å². The summed E-state index contributed by atoms with van der Waals surface area (Å²) in [7, 11) is -3.71. The molecule has 5 rings (SSSR count). The predicted octanol–water partition coefficient (Wildman–Crippen LogP) is 4.44. The summed E-state index contributed by atoms with van der Waals surface area (Å²) in [5, 5.41) is 2.19. The lowest BCUT2D eigenvalue weighted by molar-refractivity contribution is 0.467. The summed E-state index contributed by atoms with van der Waals surface area (Å²) in [6.07, 6.45) is 2.43. The Bertz CT molecular complexity index is 1260. The lowest BCUT2D eigenvalue weighted by Gasteiger charge is -2.44. The van der Waals surface area contributed by atoms with Crippen molar-refractivity contribution in [2.24, 2.45) is 0 Å². The average Bonchev–Trinajstić information content (AvgIpc) is 3.20. The summed E-state index contributed by atoms with van der Waals surface area (Å²) in [5.41, 5.74) is 2.43. The Morgan fingerprint density at radius 3 is 2.62 bits per heavy atom. The molecule has 8 heteroatoms. The first kappa shape index (κ1) is 18.1. The number of hydrogen-bond acceptors (Lipinski definition) is 6. The van der Waals surface area contributed by atoms with Crippen molar-refractivity contribution in [1.82, 2.24) is 9.36 Å². The van der Waals surface area contributed by atoms with Crippen molar-refractivity contribution in [2.75, 3.05) is 16.2 Å². The number of aromatic nitrogens is 2. The highest BCUT2D eigenvalue weighted by Crippen LogP contribution is 2.41. The SMILES string of the molecule is O=S(=O)(Nc1ncns1)c1ccc2c(N3CCC3c3ccccc3)cccc2c1. The third kappa shape index (κ3) is 3.34. The second kappa shape index (κ2) is 7.13. The molecule has 6 nitrogen and oxygen atoms in total. The zero-order valence-corrected chi connectivity index (χ0v) is 17.0. The van der Waals surface area contributed by atoms with E-state index in [0.717, 1.165) is 41.0 Å². The lowest BCUT2D eigenvalue weighted by atomic mass is 9.93. The van der Waals surface area contributed by atoms with E-state index >= 15 is 0 Å². The molecule has 4 aromatic rings. The standard InChI is InChI=1S/C21H18N4O2S2/c26-29(27,24-21-22-14-23-28-21)17-9-10-18-16(13-17)7-4-8-20(18)25-12-11-19(25)15-5-2-1-3-6-15/h1-10,13-14,19H,11-12H2,(H,22,23,24). The van der Waals surface area contributed by atoms with Crippen molar-refractivity contribution in [1.29, 1.82) is 0 Å². The monoisotopic (exact) mass is 422 g/mol. The van der Waals surface area contributed by atoms with Crippen molar-refractivity contribution in [2.45, 2.75) is 17.4 Å². The third-order valence-electron chi connectivity index (χ3n) is 5.24. The van der Waals surface area contributed by atoms with Crippen LogP contribution in [-0.4, -0.2) is 24.3 Å². The molecule has 0 bridgehead atoms. The minimum atomic E-state index is -3.71. The Kier molecular flexibility index (Phi) is 4.44. The molecule has 0 radical (unpaired) electrons. The van der Waals surface area contributed by atoms with Crippen LogP contribution in [0, 0.1) is 0 Å². The van der Waals surface area contributed by atoms with Gasteiger partial charge in [-0.25, -0.2) is 13.4 Å². The van der Waals surface area contributed by atoms with Crippen LogP contribution in [-0.2, 0) is 10.0 Å². The first-order chi connectivity index (χ1) is 14.1. The van der Waals surface area contributed by atoms with Gasteiger partial charge in [0.2, 0.25) is 5.13 Å². The van der Waals surface area contributed by atoms with E-state index < -0.39 is 10.0 Å². The van der Waals surface area contributed by atoms with Crippen LogP contribution in [0.3, 0.4) is 0 Å². The molecule has 29 heavy (non-hydrogen) atoms. The van der Waals surface area contributed by atoms with Crippen LogP contribution in [0.15, 0.2) is 78.0 Å². The molecule has 1 N–H and O–H groups in total. The fourth-order valence-corrected chi connectivity index (χ4v) is 5.45. The molecule has 146 valence electrons. The summed E-state index contributed by atoms with van der Waals surface area (Å²) in [5.74, 6) is 0. The van der Waals surface area contributed by atoms with E-state index in [2.05, 4.69) is 49.3 Å². The first-order valence-electron chi connectivity index (χ1n) is 9.26. The van der Waals surface area contributed by atoms with Crippen molar-refractivity contribution >= 4 is 43.1 Å². The van der Waals surface area contributed by atoms with E-state index in [4.69, 9.17) is 0 Å². The molecule has 0 spiro atoms. The molecular formula is C21H18N4O2S2. The Morgan fingerprint density at radius 1 is 1.03 bits per heavy atom. The molecule has 2 heterocycles. The quantitative estimate of drug-likeness (QED) is 0.514. The smallest absolute Gasteiger partial charge is 0.263 e. The number of rotatable bonds is 5. The van der Waals surface area contributed by atoms with Gasteiger partial charge < -0.3 is 4.90 Å². The van der Waals surface area contributed by atoms with Crippen LogP contribution in [0.1, 0.15) is 18.0 Å². The molecule has 1 aliphatic rings. The van der Waals surface area contributed by atoms with Crippen molar-refractivity contribution < 1.29 is 8.42 Å². The molecule has 1 saturated heterocycles. The van der Waals surface area contributed by atoms with Gasteiger partial charge in [-0.1, -0.05) is 48.5 Å². The Morgan fingerprint density at radius 2 is 1.90 bits per heavy atom. The third-order valence-corrected chi connectivity index (χ3v) is 7.28. The van der Waals surface area contributed by atoms with Gasteiger partial charge in [0.25, 0.3) is 10.0 Å². The van der Waals surface area contributed by atoms with E-state index in [1.165, 1.54) is 11.9 Å². The van der Waals surface area contributed by atoms with Gasteiger partial charge in [0, 0.05) is 29.2 Å². The summed E-state index contributed by atoms with van der Waals surface area (Å²) in [6, 6.07) is 22.1. The molecule has 0 amide bonds. The minimum absolute atomic E-state index is 0.209. The molecule has 1 unspecified atom stereocenters. The topological polar surface area (TPSA) is 75.2 Å². The summed E-state index contributed by atoms with van der Waals surface area (Å²) in [6.45, 7) is 0.983. The van der Waals surface area contributed by atoms with Crippen molar-refractivity contribution in [3.05, 3.63) is 78.6 Å². The minimum Gasteiger partial charge on any atom is -0.364 e. The van der Waals surface area contributed by atoms with Gasteiger partial charge in [-0.3, -0.25) is 4.72 Å². The first-order valence-corrected chi connectivity index (χ1v) is 11.5. The van der Waals surface area contributed by atoms with Gasteiger partial charge >= 0.3 is 0 Å². The number of fused-ring (bicyclic) bond motifs is 1. The second-order valence-corrected chi connectivity index (χ2v) is 9.38.